The van der Waals surface area contributed by atoms with Crippen molar-refractivity contribution in [3.63, 3.8) is 0 Å². The molecule has 0 bridgehead atoms. The van der Waals surface area contributed by atoms with E-state index in [9.17, 15) is 20.1 Å². The third-order valence-electron chi connectivity index (χ3n) is 5.41. The summed E-state index contributed by atoms with van der Waals surface area (Å²) >= 11 is 0. The van der Waals surface area contributed by atoms with Crippen molar-refractivity contribution >= 4 is 22.9 Å². The largest absolute Gasteiger partial charge is 0.394 e. The van der Waals surface area contributed by atoms with Gasteiger partial charge in [-0.1, -0.05) is 19.3 Å². The van der Waals surface area contributed by atoms with Gasteiger partial charge in [-0.05, 0) is 38.0 Å². The number of hydrogen-bond acceptors (Lipinski definition) is 9. The van der Waals surface area contributed by atoms with Gasteiger partial charge in [-0.25, -0.2) is 15.0 Å². The third-order valence-corrected chi connectivity index (χ3v) is 5.41. The second kappa shape index (κ2) is 10.2. The minimum Gasteiger partial charge on any atom is -0.394 e. The molecule has 1 aliphatic carbocycles. The quantitative estimate of drug-likeness (QED) is 0.353. The van der Waals surface area contributed by atoms with Gasteiger partial charge in [0.2, 0.25) is 5.82 Å². The lowest BCUT2D eigenvalue weighted by molar-refractivity contribution is -0.147. The zero-order valence-electron chi connectivity index (χ0n) is 18.3. The molecule has 11 nitrogen and oxygen atoms in total. The molecule has 2 heterocycles. The molecule has 0 aliphatic heterocycles. The predicted molar refractivity (Wildman–Crippen MR) is 116 cm³/mol. The molecule has 1 amide bonds. The Balaban J connectivity index is 1.83. The van der Waals surface area contributed by atoms with Gasteiger partial charge in [-0.2, -0.15) is 0 Å². The molecule has 1 unspecified atom stereocenters. The zero-order valence-corrected chi connectivity index (χ0v) is 18.3. The molecule has 3 rings (SSSR count). The van der Waals surface area contributed by atoms with Crippen LogP contribution in [0, 0.1) is 17.8 Å². The summed E-state index contributed by atoms with van der Waals surface area (Å²) in [7, 11) is 0. The maximum absolute atomic E-state index is 12.1. The van der Waals surface area contributed by atoms with E-state index in [1.165, 1.54) is 10.9 Å². The standard InChI is InChI=1S/C21H30N6O5/c1-3-23-20(30)17(14(29)10-28)32-12-27-11-24-16-18(22)25-15(26-19(16)27)6-8-21(31)7-4-5-13(2)9-21/h11,13-14,17,28-29,31H,3-5,7,9-10,12H2,1-2H3,(H,23,30)(H2,22,25,26)/t13-,14?,17-,21+/m0/s1. The monoisotopic (exact) mass is 446 g/mol. The number of nitrogens with two attached hydrogens (primary N) is 1. The highest BCUT2D eigenvalue weighted by molar-refractivity contribution is 5.82. The van der Waals surface area contributed by atoms with Crippen LogP contribution in [0.25, 0.3) is 11.2 Å². The van der Waals surface area contributed by atoms with Crippen molar-refractivity contribution in [1.29, 1.82) is 0 Å². The van der Waals surface area contributed by atoms with E-state index in [0.29, 0.717) is 36.5 Å². The summed E-state index contributed by atoms with van der Waals surface area (Å²) in [5, 5.41) is 32.4. The number of carbonyl (C=O) groups excluding carboxylic acids is 1. The Kier molecular flexibility index (Phi) is 7.63. The Morgan fingerprint density at radius 2 is 2.28 bits per heavy atom. The molecule has 6 N–H and O–H groups in total. The minimum atomic E-state index is -1.39. The normalized spacial score (nSPS) is 22.7. The number of nitrogen functional groups attached to an aromatic ring is 1. The third kappa shape index (κ3) is 5.52. The number of hydrogen-bond donors (Lipinski definition) is 5. The minimum absolute atomic E-state index is 0.123. The number of aromatic nitrogens is 4. The summed E-state index contributed by atoms with van der Waals surface area (Å²) in [6, 6.07) is 0. The van der Waals surface area contributed by atoms with E-state index in [1.807, 2.05) is 0 Å². The number of likely N-dealkylation sites (N-methyl/N-ethyl adjacent to an activating group) is 1. The smallest absolute Gasteiger partial charge is 0.252 e. The van der Waals surface area contributed by atoms with Crippen molar-refractivity contribution in [1.82, 2.24) is 24.8 Å². The van der Waals surface area contributed by atoms with Crippen molar-refractivity contribution in [3.8, 4) is 11.8 Å². The first-order valence-corrected chi connectivity index (χ1v) is 10.7. The fourth-order valence-electron chi connectivity index (χ4n) is 3.82. The molecule has 4 atom stereocenters. The fourth-order valence-corrected chi connectivity index (χ4v) is 3.82. The van der Waals surface area contributed by atoms with Crippen molar-refractivity contribution in [2.45, 2.75) is 64.1 Å². The van der Waals surface area contributed by atoms with Crippen molar-refractivity contribution in [3.05, 3.63) is 12.2 Å². The lowest BCUT2D eigenvalue weighted by atomic mass is 9.79. The molecule has 1 aliphatic rings. The molecule has 2 aromatic rings. The summed E-state index contributed by atoms with van der Waals surface area (Å²) in [5.74, 6) is 5.84. The van der Waals surface area contributed by atoms with E-state index >= 15 is 0 Å². The highest BCUT2D eigenvalue weighted by atomic mass is 16.5. The summed E-state index contributed by atoms with van der Waals surface area (Å²) in [4.78, 5) is 24.9. The Labute approximate surface area is 186 Å². The van der Waals surface area contributed by atoms with Crippen LogP contribution in [-0.2, 0) is 16.3 Å². The van der Waals surface area contributed by atoms with Crippen LogP contribution in [-0.4, -0.2) is 71.7 Å². The number of aliphatic hydroxyl groups is 3. The molecule has 0 radical (unpaired) electrons. The van der Waals surface area contributed by atoms with Crippen LogP contribution in [0.2, 0.25) is 0 Å². The fraction of sp³-hybridized carbons (Fsp3) is 0.619. The topological polar surface area (TPSA) is 169 Å². The van der Waals surface area contributed by atoms with E-state index in [1.54, 1.807) is 6.92 Å². The van der Waals surface area contributed by atoms with Crippen LogP contribution in [0.5, 0.6) is 0 Å². The molecule has 0 aromatic carbocycles. The van der Waals surface area contributed by atoms with Crippen LogP contribution in [0.4, 0.5) is 5.82 Å². The van der Waals surface area contributed by atoms with Crippen molar-refractivity contribution in [2.24, 2.45) is 5.92 Å². The Bertz CT molecular complexity index is 1020. The van der Waals surface area contributed by atoms with Crippen LogP contribution in [0.1, 0.15) is 45.4 Å². The summed E-state index contributed by atoms with van der Waals surface area (Å²) in [6.07, 6.45) is 1.92. The van der Waals surface area contributed by atoms with Crippen LogP contribution in [0.3, 0.4) is 0 Å². The first kappa shape index (κ1) is 23.9. The summed E-state index contributed by atoms with van der Waals surface area (Å²) in [6.45, 7) is 3.35. The first-order valence-electron chi connectivity index (χ1n) is 10.7. The lowest BCUT2D eigenvalue weighted by Crippen LogP contribution is -2.45. The zero-order chi connectivity index (χ0) is 23.3. The number of aliphatic hydroxyl groups excluding tert-OH is 2. The number of imidazole rings is 1. The number of amides is 1. The van der Waals surface area contributed by atoms with Gasteiger partial charge in [0, 0.05) is 6.54 Å². The molecule has 0 saturated heterocycles. The summed E-state index contributed by atoms with van der Waals surface area (Å²) in [5.41, 5.74) is 5.60. The van der Waals surface area contributed by atoms with Gasteiger partial charge in [-0.15, -0.1) is 0 Å². The Morgan fingerprint density at radius 3 is 2.97 bits per heavy atom. The number of fused-ring (bicyclic) bond motifs is 1. The van der Waals surface area contributed by atoms with E-state index < -0.39 is 30.3 Å². The second-order valence-electron chi connectivity index (χ2n) is 8.16. The van der Waals surface area contributed by atoms with E-state index in [2.05, 4.69) is 39.0 Å². The predicted octanol–water partition coefficient (Wildman–Crippen LogP) is -0.467. The average molecular weight is 447 g/mol. The number of ether oxygens (including phenoxy) is 1. The van der Waals surface area contributed by atoms with E-state index in [0.717, 1.165) is 12.8 Å². The number of nitrogens with one attached hydrogen (secondary N) is 1. The molecule has 32 heavy (non-hydrogen) atoms. The molecular formula is C21H30N6O5. The number of carbonyl (C=O) groups is 1. The maximum Gasteiger partial charge on any atom is 0.252 e. The Hall–Kier alpha value is -2.78. The maximum atomic E-state index is 12.1. The SMILES string of the molecule is CCNC(=O)[C@@H](OCn1cnc2c(N)nc(C#C[C@]3(O)CCC[C@H](C)C3)nc21)C(O)CO. The van der Waals surface area contributed by atoms with Gasteiger partial charge in [0.15, 0.2) is 17.6 Å². The van der Waals surface area contributed by atoms with E-state index in [-0.39, 0.29) is 18.4 Å². The van der Waals surface area contributed by atoms with Crippen LogP contribution in [0.15, 0.2) is 6.33 Å². The van der Waals surface area contributed by atoms with Gasteiger partial charge in [-0.3, -0.25) is 9.36 Å². The van der Waals surface area contributed by atoms with Gasteiger partial charge >= 0.3 is 0 Å². The second-order valence-corrected chi connectivity index (χ2v) is 8.16. The number of anilines is 1. The average Bonchev–Trinajstić information content (AvgIpc) is 3.16. The molecule has 2 aromatic heterocycles. The molecule has 1 saturated carbocycles. The van der Waals surface area contributed by atoms with Crippen molar-refractivity contribution in [2.75, 3.05) is 18.9 Å². The lowest BCUT2D eigenvalue weighted by Gasteiger charge is -2.30. The van der Waals surface area contributed by atoms with E-state index in [4.69, 9.17) is 10.5 Å². The highest BCUT2D eigenvalue weighted by Gasteiger charge is 2.31. The number of rotatable bonds is 7. The highest BCUT2D eigenvalue weighted by Crippen LogP contribution is 2.31. The van der Waals surface area contributed by atoms with Crippen LogP contribution < -0.4 is 11.1 Å². The van der Waals surface area contributed by atoms with Crippen LogP contribution >= 0.6 is 0 Å². The molecule has 1 fully saturated rings. The summed E-state index contributed by atoms with van der Waals surface area (Å²) < 4.78 is 7.04. The first-order chi connectivity index (χ1) is 15.3. The van der Waals surface area contributed by atoms with Gasteiger partial charge in [0.05, 0.1) is 12.9 Å². The van der Waals surface area contributed by atoms with Gasteiger partial charge in [0.1, 0.15) is 24.0 Å². The van der Waals surface area contributed by atoms with Crippen molar-refractivity contribution < 1.29 is 24.9 Å². The molecule has 174 valence electrons. The molecule has 0 spiro atoms. The number of nitrogens with zero attached hydrogens (tertiary/aromatic N) is 4. The molecular weight excluding hydrogens is 416 g/mol. The van der Waals surface area contributed by atoms with Gasteiger partial charge in [0.25, 0.3) is 5.91 Å². The Morgan fingerprint density at radius 1 is 1.50 bits per heavy atom. The van der Waals surface area contributed by atoms with Gasteiger partial charge < -0.3 is 31.1 Å². The molecule has 11 heteroatoms.